The molecule has 0 aliphatic heterocycles. The van der Waals surface area contributed by atoms with Gasteiger partial charge in [0.15, 0.2) is 0 Å². The van der Waals surface area contributed by atoms with Crippen molar-refractivity contribution in [3.05, 3.63) is 45.9 Å². The van der Waals surface area contributed by atoms with E-state index in [-0.39, 0.29) is 18.0 Å². The summed E-state index contributed by atoms with van der Waals surface area (Å²) in [5.74, 6) is 0. The topological polar surface area (TPSA) is 70.5 Å². The second kappa shape index (κ2) is 6.01. The molecule has 1 aromatic heterocycles. The molecule has 0 atom stereocenters. The standard InChI is InChI=1S/C13H16N2O3S2/c1-10-14-12(9-19-10)7-15(2)20(17,18)13-6-4-3-5-11(13)8-16/h3-6,9,16H,7-8H2,1-2H3. The van der Waals surface area contributed by atoms with Crippen LogP contribution in [-0.2, 0) is 23.2 Å². The molecule has 0 aliphatic carbocycles. The molecule has 0 amide bonds. The number of rotatable bonds is 5. The van der Waals surface area contributed by atoms with Crippen LogP contribution in [0.25, 0.3) is 0 Å². The summed E-state index contributed by atoms with van der Waals surface area (Å²) in [5, 5.41) is 12.0. The Kier molecular flexibility index (Phi) is 4.54. The maximum absolute atomic E-state index is 12.5. The minimum Gasteiger partial charge on any atom is -0.392 e. The van der Waals surface area contributed by atoms with E-state index in [0.717, 1.165) is 10.7 Å². The minimum atomic E-state index is -3.63. The third-order valence-corrected chi connectivity index (χ3v) is 5.61. The van der Waals surface area contributed by atoms with Gasteiger partial charge in [0.2, 0.25) is 10.0 Å². The van der Waals surface area contributed by atoms with Gasteiger partial charge >= 0.3 is 0 Å². The largest absolute Gasteiger partial charge is 0.392 e. The van der Waals surface area contributed by atoms with Crippen LogP contribution in [0.1, 0.15) is 16.3 Å². The fraction of sp³-hybridized carbons (Fsp3) is 0.308. The van der Waals surface area contributed by atoms with Crippen molar-refractivity contribution >= 4 is 21.4 Å². The average molecular weight is 312 g/mol. The summed E-state index contributed by atoms with van der Waals surface area (Å²) in [6, 6.07) is 6.46. The second-order valence-corrected chi connectivity index (χ2v) is 7.46. The number of nitrogens with zero attached hydrogens (tertiary/aromatic N) is 2. The van der Waals surface area contributed by atoms with E-state index >= 15 is 0 Å². The Morgan fingerprint density at radius 3 is 2.65 bits per heavy atom. The van der Waals surface area contributed by atoms with Crippen molar-refractivity contribution in [3.8, 4) is 0 Å². The van der Waals surface area contributed by atoms with Crippen molar-refractivity contribution in [1.82, 2.24) is 9.29 Å². The van der Waals surface area contributed by atoms with Crippen LogP contribution >= 0.6 is 11.3 Å². The molecule has 1 N–H and O–H groups in total. The number of aryl methyl sites for hydroxylation is 1. The van der Waals surface area contributed by atoms with Crippen LogP contribution in [-0.4, -0.2) is 29.9 Å². The highest BCUT2D eigenvalue weighted by molar-refractivity contribution is 7.89. The quantitative estimate of drug-likeness (QED) is 0.913. The first kappa shape index (κ1) is 15.1. The lowest BCUT2D eigenvalue weighted by Crippen LogP contribution is -2.27. The van der Waals surface area contributed by atoms with Crippen LogP contribution in [0.4, 0.5) is 0 Å². The predicted molar refractivity (Wildman–Crippen MR) is 77.9 cm³/mol. The monoisotopic (exact) mass is 312 g/mol. The summed E-state index contributed by atoms with van der Waals surface area (Å²) in [6.45, 7) is 1.79. The number of hydrogen-bond donors (Lipinski definition) is 1. The molecule has 0 aliphatic rings. The van der Waals surface area contributed by atoms with Gasteiger partial charge in [-0.3, -0.25) is 0 Å². The zero-order chi connectivity index (χ0) is 14.8. The summed E-state index contributed by atoms with van der Waals surface area (Å²) in [4.78, 5) is 4.40. The smallest absolute Gasteiger partial charge is 0.243 e. The van der Waals surface area contributed by atoms with Gasteiger partial charge in [0.05, 0.1) is 28.7 Å². The number of hydrogen-bond acceptors (Lipinski definition) is 5. The van der Waals surface area contributed by atoms with E-state index in [1.165, 1.54) is 28.8 Å². The van der Waals surface area contributed by atoms with Crippen LogP contribution in [0.3, 0.4) is 0 Å². The van der Waals surface area contributed by atoms with Gasteiger partial charge in [-0.25, -0.2) is 13.4 Å². The number of aliphatic hydroxyl groups excluding tert-OH is 1. The number of aromatic nitrogens is 1. The van der Waals surface area contributed by atoms with Gasteiger partial charge in [-0.05, 0) is 18.6 Å². The highest BCUT2D eigenvalue weighted by Crippen LogP contribution is 2.21. The van der Waals surface area contributed by atoms with Crippen molar-refractivity contribution in [1.29, 1.82) is 0 Å². The molecule has 1 heterocycles. The van der Waals surface area contributed by atoms with Crippen LogP contribution in [0.2, 0.25) is 0 Å². The predicted octanol–water partition coefficient (Wildman–Crippen LogP) is 1.76. The van der Waals surface area contributed by atoms with E-state index in [0.29, 0.717) is 5.56 Å². The Morgan fingerprint density at radius 2 is 2.05 bits per heavy atom. The van der Waals surface area contributed by atoms with Gasteiger partial charge < -0.3 is 5.11 Å². The highest BCUT2D eigenvalue weighted by Gasteiger charge is 2.24. The number of aliphatic hydroxyl groups is 1. The van der Waals surface area contributed by atoms with E-state index in [9.17, 15) is 13.5 Å². The fourth-order valence-electron chi connectivity index (χ4n) is 1.85. The van der Waals surface area contributed by atoms with Gasteiger partial charge in [-0.1, -0.05) is 18.2 Å². The molecule has 108 valence electrons. The molecule has 1 aromatic carbocycles. The van der Waals surface area contributed by atoms with Crippen molar-refractivity contribution < 1.29 is 13.5 Å². The lowest BCUT2D eigenvalue weighted by Gasteiger charge is -2.17. The van der Waals surface area contributed by atoms with E-state index in [2.05, 4.69) is 4.98 Å². The molecule has 0 spiro atoms. The molecule has 5 nitrogen and oxygen atoms in total. The van der Waals surface area contributed by atoms with Gasteiger partial charge in [0.1, 0.15) is 0 Å². The zero-order valence-electron chi connectivity index (χ0n) is 11.3. The maximum Gasteiger partial charge on any atom is 0.243 e. The number of sulfonamides is 1. The summed E-state index contributed by atoms with van der Waals surface area (Å²) in [5.41, 5.74) is 1.12. The number of benzene rings is 1. The molecule has 0 saturated carbocycles. The molecule has 0 saturated heterocycles. The molecule has 0 bridgehead atoms. The molecule has 0 radical (unpaired) electrons. The van der Waals surface area contributed by atoms with Gasteiger partial charge in [0, 0.05) is 12.4 Å². The molecule has 0 fully saturated rings. The number of thiazole rings is 1. The summed E-state index contributed by atoms with van der Waals surface area (Å²) in [7, 11) is -2.12. The molecular formula is C13H16N2O3S2. The Hall–Kier alpha value is -1.28. The first-order valence-electron chi connectivity index (χ1n) is 6.01. The van der Waals surface area contributed by atoms with Gasteiger partial charge in [-0.15, -0.1) is 11.3 Å². The van der Waals surface area contributed by atoms with Crippen molar-refractivity contribution in [2.24, 2.45) is 0 Å². The van der Waals surface area contributed by atoms with Gasteiger partial charge in [0.25, 0.3) is 0 Å². The van der Waals surface area contributed by atoms with Crippen LogP contribution in [0.5, 0.6) is 0 Å². The Bertz CT molecular complexity index is 695. The summed E-state index contributed by atoms with van der Waals surface area (Å²) < 4.78 is 26.3. The fourth-order valence-corrected chi connectivity index (χ4v) is 3.80. The lowest BCUT2D eigenvalue weighted by atomic mass is 10.2. The molecule has 2 rings (SSSR count). The van der Waals surface area contributed by atoms with E-state index < -0.39 is 10.0 Å². The van der Waals surface area contributed by atoms with Crippen LogP contribution in [0, 0.1) is 6.92 Å². The normalized spacial score (nSPS) is 12.0. The minimum absolute atomic E-state index is 0.136. The molecular weight excluding hydrogens is 296 g/mol. The molecule has 2 aromatic rings. The van der Waals surface area contributed by atoms with Crippen molar-refractivity contribution in [3.63, 3.8) is 0 Å². The van der Waals surface area contributed by atoms with Crippen LogP contribution in [0.15, 0.2) is 34.5 Å². The Morgan fingerprint density at radius 1 is 1.35 bits per heavy atom. The second-order valence-electron chi connectivity index (χ2n) is 4.38. The van der Waals surface area contributed by atoms with E-state index in [4.69, 9.17) is 0 Å². The van der Waals surface area contributed by atoms with E-state index in [1.54, 1.807) is 18.2 Å². The zero-order valence-corrected chi connectivity index (χ0v) is 12.9. The first-order valence-corrected chi connectivity index (χ1v) is 8.33. The maximum atomic E-state index is 12.5. The Balaban J connectivity index is 2.29. The summed E-state index contributed by atoms with van der Waals surface area (Å²) >= 11 is 1.49. The third kappa shape index (κ3) is 3.06. The molecule has 0 unspecified atom stereocenters. The average Bonchev–Trinajstić information content (AvgIpc) is 2.84. The highest BCUT2D eigenvalue weighted by atomic mass is 32.2. The van der Waals surface area contributed by atoms with Gasteiger partial charge in [-0.2, -0.15) is 4.31 Å². The SMILES string of the molecule is Cc1nc(CN(C)S(=O)(=O)c2ccccc2CO)cs1. The third-order valence-electron chi connectivity index (χ3n) is 2.88. The molecule has 7 heteroatoms. The summed E-state index contributed by atoms with van der Waals surface area (Å²) in [6.07, 6.45) is 0. The van der Waals surface area contributed by atoms with Crippen molar-refractivity contribution in [2.45, 2.75) is 25.0 Å². The van der Waals surface area contributed by atoms with E-state index in [1.807, 2.05) is 12.3 Å². The first-order chi connectivity index (χ1) is 9.45. The lowest BCUT2D eigenvalue weighted by molar-refractivity contribution is 0.278. The van der Waals surface area contributed by atoms with Crippen molar-refractivity contribution in [2.75, 3.05) is 7.05 Å². The van der Waals surface area contributed by atoms with Crippen LogP contribution < -0.4 is 0 Å². The molecule has 20 heavy (non-hydrogen) atoms. The Labute approximate surface area is 122 Å².